The van der Waals surface area contributed by atoms with E-state index < -0.39 is 0 Å². The van der Waals surface area contributed by atoms with E-state index in [0.29, 0.717) is 6.67 Å². The number of rotatable bonds is 1. The Morgan fingerprint density at radius 2 is 1.58 bits per heavy atom. The van der Waals surface area contributed by atoms with E-state index in [1.165, 1.54) is 0 Å². The molecule has 2 rings (SSSR count). The maximum Gasteiger partial charge on any atom is 0.253 e. The van der Waals surface area contributed by atoms with E-state index in [1.54, 1.807) is 4.90 Å². The molecule has 0 fully saturated rings. The zero-order chi connectivity index (χ0) is 14.2. The van der Waals surface area contributed by atoms with Gasteiger partial charge in [-0.15, -0.1) is 0 Å². The molecule has 1 aliphatic rings. The third-order valence-corrected chi connectivity index (χ3v) is 3.40. The van der Waals surface area contributed by atoms with E-state index in [1.807, 2.05) is 32.3 Å². The highest BCUT2D eigenvalue weighted by Gasteiger charge is 2.35. The van der Waals surface area contributed by atoms with Gasteiger partial charge in [-0.3, -0.25) is 4.79 Å². The van der Waals surface area contributed by atoms with Crippen LogP contribution in [0.3, 0.4) is 0 Å². The number of hydrogen-bond donors (Lipinski definition) is 0. The minimum Gasteiger partial charge on any atom is -0.356 e. The summed E-state index contributed by atoms with van der Waals surface area (Å²) in [4.78, 5) is 16.5. The van der Waals surface area contributed by atoms with Crippen LogP contribution in [0.25, 0.3) is 5.70 Å². The fourth-order valence-corrected chi connectivity index (χ4v) is 2.57. The fraction of sp³-hybridized carbons (Fsp3) is 0.438. The van der Waals surface area contributed by atoms with Gasteiger partial charge in [-0.25, -0.2) is 0 Å². The molecule has 0 saturated carbocycles. The number of amides is 1. The van der Waals surface area contributed by atoms with Crippen LogP contribution >= 0.6 is 0 Å². The van der Waals surface area contributed by atoms with Crippen LogP contribution in [0.5, 0.6) is 0 Å². The lowest BCUT2D eigenvalue weighted by Gasteiger charge is -2.40. The topological polar surface area (TPSA) is 23.6 Å². The van der Waals surface area contributed by atoms with Crippen molar-refractivity contribution < 1.29 is 4.79 Å². The molecule has 1 heterocycles. The van der Waals surface area contributed by atoms with Crippen molar-refractivity contribution in [2.45, 2.75) is 20.8 Å². The maximum atomic E-state index is 12.5. The highest BCUT2D eigenvalue weighted by molar-refractivity contribution is 6.03. The number of likely N-dealkylation sites (N-methyl/N-ethyl adjacent to an activating group) is 1. The summed E-state index contributed by atoms with van der Waals surface area (Å²) in [5.41, 5.74) is 2.87. The SMILES string of the molecule is CN1CN(C)C(c2ccccc2)=C(C(C)(C)C)C1=O. The van der Waals surface area contributed by atoms with E-state index in [9.17, 15) is 4.79 Å². The summed E-state index contributed by atoms with van der Waals surface area (Å²) in [6.07, 6.45) is 0. The summed E-state index contributed by atoms with van der Waals surface area (Å²) in [5.74, 6) is 0.129. The van der Waals surface area contributed by atoms with Gasteiger partial charge in [0.05, 0.1) is 12.4 Å². The first-order valence-corrected chi connectivity index (χ1v) is 6.59. The third-order valence-electron chi connectivity index (χ3n) is 3.40. The molecule has 102 valence electrons. The van der Waals surface area contributed by atoms with Gasteiger partial charge in [0.15, 0.2) is 0 Å². The van der Waals surface area contributed by atoms with Crippen molar-refractivity contribution in [1.82, 2.24) is 9.80 Å². The van der Waals surface area contributed by atoms with E-state index in [4.69, 9.17) is 0 Å². The summed E-state index contributed by atoms with van der Waals surface area (Å²) in [6.45, 7) is 6.91. The Bertz CT molecular complexity index is 511. The molecule has 3 nitrogen and oxygen atoms in total. The zero-order valence-electron chi connectivity index (χ0n) is 12.4. The molecule has 0 radical (unpaired) electrons. The minimum atomic E-state index is -0.175. The van der Waals surface area contributed by atoms with E-state index in [0.717, 1.165) is 16.8 Å². The van der Waals surface area contributed by atoms with Crippen LogP contribution in [-0.2, 0) is 4.79 Å². The predicted molar refractivity (Wildman–Crippen MR) is 78.2 cm³/mol. The summed E-state index contributed by atoms with van der Waals surface area (Å²) in [6, 6.07) is 10.2. The lowest BCUT2D eigenvalue weighted by molar-refractivity contribution is -0.129. The molecule has 1 aromatic carbocycles. The van der Waals surface area contributed by atoms with Gasteiger partial charge in [0, 0.05) is 19.7 Å². The second-order valence-electron chi connectivity index (χ2n) is 6.18. The second-order valence-corrected chi connectivity index (χ2v) is 6.18. The highest BCUT2D eigenvalue weighted by Crippen LogP contribution is 2.37. The van der Waals surface area contributed by atoms with E-state index in [-0.39, 0.29) is 11.3 Å². The Morgan fingerprint density at radius 1 is 1.00 bits per heavy atom. The first-order chi connectivity index (χ1) is 8.82. The summed E-state index contributed by atoms with van der Waals surface area (Å²) in [7, 11) is 3.89. The molecule has 19 heavy (non-hydrogen) atoms. The van der Waals surface area contributed by atoms with Crippen LogP contribution in [0.1, 0.15) is 26.3 Å². The molecule has 0 aliphatic carbocycles. The average Bonchev–Trinajstić information content (AvgIpc) is 2.33. The number of carbonyl (C=O) groups excluding carboxylic acids is 1. The predicted octanol–water partition coefficient (Wildman–Crippen LogP) is 2.81. The monoisotopic (exact) mass is 258 g/mol. The fourth-order valence-electron chi connectivity index (χ4n) is 2.57. The second kappa shape index (κ2) is 4.72. The quantitative estimate of drug-likeness (QED) is 0.773. The molecule has 1 aromatic rings. The van der Waals surface area contributed by atoms with Gasteiger partial charge in [-0.1, -0.05) is 51.1 Å². The van der Waals surface area contributed by atoms with Crippen molar-refractivity contribution in [2.24, 2.45) is 5.41 Å². The van der Waals surface area contributed by atoms with Crippen molar-refractivity contribution in [3.63, 3.8) is 0 Å². The number of hydrogen-bond acceptors (Lipinski definition) is 2. The molecule has 0 atom stereocenters. The van der Waals surface area contributed by atoms with Crippen LogP contribution in [0.4, 0.5) is 0 Å². The summed E-state index contributed by atoms with van der Waals surface area (Å²) >= 11 is 0. The molecule has 0 spiro atoms. The van der Waals surface area contributed by atoms with Crippen molar-refractivity contribution in [3.05, 3.63) is 41.5 Å². The lowest BCUT2D eigenvalue weighted by Crippen LogP contribution is -2.45. The van der Waals surface area contributed by atoms with Crippen molar-refractivity contribution in [2.75, 3.05) is 20.8 Å². The van der Waals surface area contributed by atoms with Gasteiger partial charge < -0.3 is 9.80 Å². The van der Waals surface area contributed by atoms with Crippen molar-refractivity contribution >= 4 is 11.6 Å². The van der Waals surface area contributed by atoms with Crippen LogP contribution in [0.15, 0.2) is 35.9 Å². The average molecular weight is 258 g/mol. The van der Waals surface area contributed by atoms with E-state index >= 15 is 0 Å². The van der Waals surface area contributed by atoms with Crippen LogP contribution in [0.2, 0.25) is 0 Å². The van der Waals surface area contributed by atoms with Gasteiger partial charge in [0.25, 0.3) is 5.91 Å². The molecule has 0 aromatic heterocycles. The molecular weight excluding hydrogens is 236 g/mol. The highest BCUT2D eigenvalue weighted by atomic mass is 16.2. The number of carbonyl (C=O) groups is 1. The lowest BCUT2D eigenvalue weighted by atomic mass is 9.81. The molecular formula is C16H22N2O. The van der Waals surface area contributed by atoms with Crippen molar-refractivity contribution in [1.29, 1.82) is 0 Å². The number of nitrogens with zero attached hydrogens (tertiary/aromatic N) is 2. The molecule has 0 bridgehead atoms. The normalized spacial score (nSPS) is 17.2. The molecule has 0 unspecified atom stereocenters. The third kappa shape index (κ3) is 2.50. The van der Waals surface area contributed by atoms with Crippen molar-refractivity contribution in [3.8, 4) is 0 Å². The molecule has 1 amide bonds. The summed E-state index contributed by atoms with van der Waals surface area (Å²) < 4.78 is 0. The zero-order valence-corrected chi connectivity index (χ0v) is 12.4. The van der Waals surface area contributed by atoms with Crippen LogP contribution in [-0.4, -0.2) is 36.5 Å². The first-order valence-electron chi connectivity index (χ1n) is 6.59. The number of benzene rings is 1. The van der Waals surface area contributed by atoms with Gasteiger partial charge in [-0.05, 0) is 11.0 Å². The minimum absolute atomic E-state index is 0.129. The Morgan fingerprint density at radius 3 is 2.11 bits per heavy atom. The standard InChI is InChI=1S/C16H22N2O/c1-16(2,3)13-14(12-9-7-6-8-10-12)17(4)11-18(5)15(13)19/h6-10H,11H2,1-5H3. The molecule has 3 heteroatoms. The van der Waals surface area contributed by atoms with Gasteiger partial charge in [0.2, 0.25) is 0 Å². The Balaban J connectivity index is 2.67. The smallest absolute Gasteiger partial charge is 0.253 e. The van der Waals surface area contributed by atoms with Gasteiger partial charge >= 0.3 is 0 Å². The summed E-state index contributed by atoms with van der Waals surface area (Å²) in [5, 5.41) is 0. The van der Waals surface area contributed by atoms with Gasteiger partial charge in [0.1, 0.15) is 0 Å². The Kier molecular flexibility index (Phi) is 3.40. The maximum absolute atomic E-state index is 12.5. The molecule has 0 saturated heterocycles. The first kappa shape index (κ1) is 13.7. The van der Waals surface area contributed by atoms with Gasteiger partial charge in [-0.2, -0.15) is 0 Å². The Labute approximate surface area is 115 Å². The van der Waals surface area contributed by atoms with Crippen LogP contribution < -0.4 is 0 Å². The van der Waals surface area contributed by atoms with E-state index in [2.05, 4.69) is 37.8 Å². The largest absolute Gasteiger partial charge is 0.356 e. The molecule has 1 aliphatic heterocycles. The Hall–Kier alpha value is -1.77. The van der Waals surface area contributed by atoms with Crippen LogP contribution in [0, 0.1) is 5.41 Å². The molecule has 0 N–H and O–H groups in total.